The first kappa shape index (κ1) is 21.6. The molecule has 1 atom stereocenters. The van der Waals surface area contributed by atoms with Crippen LogP contribution in [0.5, 0.6) is 0 Å². The van der Waals surface area contributed by atoms with Crippen LogP contribution >= 0.6 is 11.8 Å². The Morgan fingerprint density at radius 2 is 1.87 bits per heavy atom. The van der Waals surface area contributed by atoms with Crippen molar-refractivity contribution >= 4 is 29.6 Å². The molecule has 2 saturated heterocycles. The van der Waals surface area contributed by atoms with E-state index < -0.39 is 5.97 Å². The highest BCUT2D eigenvalue weighted by atomic mass is 32.2. The average molecular weight is 443 g/mol. The first-order chi connectivity index (χ1) is 15.2. The summed E-state index contributed by atoms with van der Waals surface area (Å²) in [6.07, 6.45) is 5.78. The number of hydrogen-bond acceptors (Lipinski definition) is 8. The summed E-state index contributed by atoms with van der Waals surface area (Å²) in [5.41, 5.74) is 0.490. The molecule has 1 aromatic carbocycles. The van der Waals surface area contributed by atoms with E-state index in [4.69, 9.17) is 9.47 Å². The van der Waals surface area contributed by atoms with E-state index in [0.717, 1.165) is 30.1 Å². The highest BCUT2D eigenvalue weighted by molar-refractivity contribution is 7.99. The maximum absolute atomic E-state index is 12.6. The lowest BCUT2D eigenvalue weighted by atomic mass is 10.2. The number of hydrogen-bond donors (Lipinski definition) is 0. The summed E-state index contributed by atoms with van der Waals surface area (Å²) in [6.45, 7) is 2.93. The molecule has 2 aliphatic rings. The van der Waals surface area contributed by atoms with Crippen molar-refractivity contribution in [2.45, 2.75) is 23.8 Å². The zero-order valence-electron chi connectivity index (χ0n) is 17.3. The number of anilines is 1. The van der Waals surface area contributed by atoms with Gasteiger partial charge in [0.15, 0.2) is 6.61 Å². The highest BCUT2D eigenvalue weighted by Crippen LogP contribution is 2.27. The minimum absolute atomic E-state index is 0.188. The van der Waals surface area contributed by atoms with Gasteiger partial charge in [-0.3, -0.25) is 4.79 Å². The largest absolute Gasteiger partial charge is 0.452 e. The van der Waals surface area contributed by atoms with Crippen LogP contribution in [0.2, 0.25) is 0 Å². The molecular weight excluding hydrogens is 416 g/mol. The molecule has 0 bridgehead atoms. The fourth-order valence-electron chi connectivity index (χ4n) is 3.63. The molecule has 1 unspecified atom stereocenters. The topological polar surface area (TPSA) is 84.9 Å². The molecule has 8 nitrogen and oxygen atoms in total. The fraction of sp³-hybridized carbons (Fsp3) is 0.455. The summed E-state index contributed by atoms with van der Waals surface area (Å²) in [4.78, 5) is 38.3. The molecule has 164 valence electrons. The summed E-state index contributed by atoms with van der Waals surface area (Å²) in [5, 5.41) is 0. The van der Waals surface area contributed by atoms with Gasteiger partial charge in [0.05, 0.1) is 11.7 Å². The predicted octanol–water partition coefficient (Wildman–Crippen LogP) is 2.25. The molecule has 1 aromatic heterocycles. The van der Waals surface area contributed by atoms with Crippen molar-refractivity contribution < 1.29 is 19.1 Å². The summed E-state index contributed by atoms with van der Waals surface area (Å²) in [6, 6.07) is 9.12. The minimum Gasteiger partial charge on any atom is -0.452 e. The van der Waals surface area contributed by atoms with Crippen molar-refractivity contribution in [1.29, 1.82) is 0 Å². The van der Waals surface area contributed by atoms with Crippen LogP contribution in [-0.2, 0) is 14.3 Å². The third kappa shape index (κ3) is 5.74. The van der Waals surface area contributed by atoms with Gasteiger partial charge in [0.25, 0.3) is 5.91 Å². The normalized spacial score (nSPS) is 18.8. The molecule has 0 saturated carbocycles. The number of aromatic nitrogens is 2. The number of benzene rings is 1. The van der Waals surface area contributed by atoms with Gasteiger partial charge < -0.3 is 19.3 Å². The maximum atomic E-state index is 12.6. The van der Waals surface area contributed by atoms with Crippen molar-refractivity contribution in [3.8, 4) is 0 Å². The van der Waals surface area contributed by atoms with Crippen molar-refractivity contribution in [1.82, 2.24) is 14.9 Å². The molecule has 4 rings (SSSR count). The van der Waals surface area contributed by atoms with Crippen molar-refractivity contribution in [3.05, 3.63) is 48.3 Å². The Morgan fingerprint density at radius 1 is 1.10 bits per heavy atom. The molecule has 9 heteroatoms. The third-order valence-electron chi connectivity index (χ3n) is 5.35. The van der Waals surface area contributed by atoms with Crippen molar-refractivity contribution in [2.75, 3.05) is 50.0 Å². The first-order valence-corrected chi connectivity index (χ1v) is 11.5. The molecule has 3 heterocycles. The summed E-state index contributed by atoms with van der Waals surface area (Å²) < 4.78 is 11.0. The van der Waals surface area contributed by atoms with Gasteiger partial charge in [0.1, 0.15) is 0 Å². The molecule has 0 radical (unpaired) electrons. The second-order valence-electron chi connectivity index (χ2n) is 7.43. The number of carbonyl (C=O) groups is 2. The molecule has 1 amide bonds. The average Bonchev–Trinajstić information content (AvgIpc) is 3.35. The number of rotatable bonds is 7. The lowest BCUT2D eigenvalue weighted by Gasteiger charge is -2.34. The number of nitrogens with zero attached hydrogens (tertiary/aromatic N) is 4. The summed E-state index contributed by atoms with van der Waals surface area (Å²) in [5.74, 6) is 0.809. The molecule has 0 spiro atoms. The number of thioether (sulfide) groups is 1. The van der Waals surface area contributed by atoms with E-state index in [-0.39, 0.29) is 18.6 Å². The van der Waals surface area contributed by atoms with Gasteiger partial charge in [-0.15, -0.1) is 11.8 Å². The smallest absolute Gasteiger partial charge is 0.339 e. The Labute approximate surface area is 185 Å². The number of carbonyl (C=O) groups excluding carboxylic acids is 2. The number of amides is 1. The molecule has 31 heavy (non-hydrogen) atoms. The summed E-state index contributed by atoms with van der Waals surface area (Å²) >= 11 is 1.59. The Kier molecular flexibility index (Phi) is 7.37. The number of piperazine rings is 1. The van der Waals surface area contributed by atoms with Crippen LogP contribution in [0.3, 0.4) is 0 Å². The van der Waals surface area contributed by atoms with E-state index in [9.17, 15) is 9.59 Å². The highest BCUT2D eigenvalue weighted by Gasteiger charge is 2.24. The van der Waals surface area contributed by atoms with Crippen molar-refractivity contribution in [2.24, 2.45) is 0 Å². The van der Waals surface area contributed by atoms with E-state index in [1.54, 1.807) is 47.3 Å². The standard InChI is InChI=1S/C22H26N4O4S/c27-20(25-10-12-26(13-11-25)22-23-8-4-9-24-22)15-30-21(28)18-6-1-2-7-19(18)31-16-17-5-3-14-29-17/h1-2,4,6-9,17H,3,5,10-16H2. The lowest BCUT2D eigenvalue weighted by Crippen LogP contribution is -2.50. The van der Waals surface area contributed by atoms with Crippen LogP contribution in [0.15, 0.2) is 47.6 Å². The Balaban J connectivity index is 1.25. The Bertz CT molecular complexity index is 884. The third-order valence-corrected chi connectivity index (χ3v) is 6.56. The van der Waals surface area contributed by atoms with E-state index in [0.29, 0.717) is 37.7 Å². The van der Waals surface area contributed by atoms with E-state index in [1.807, 2.05) is 17.0 Å². The number of ether oxygens (including phenoxy) is 2. The van der Waals surface area contributed by atoms with E-state index in [2.05, 4.69) is 9.97 Å². The Hall–Kier alpha value is -2.65. The van der Waals surface area contributed by atoms with Gasteiger partial charge in [-0.25, -0.2) is 14.8 Å². The SMILES string of the molecule is O=C(OCC(=O)N1CCN(c2ncccn2)CC1)c1ccccc1SCC1CCCO1. The second-order valence-corrected chi connectivity index (χ2v) is 8.50. The van der Waals surface area contributed by atoms with E-state index in [1.165, 1.54) is 0 Å². The van der Waals surface area contributed by atoms with Gasteiger partial charge in [-0.05, 0) is 31.0 Å². The van der Waals surface area contributed by atoms with Gasteiger partial charge >= 0.3 is 5.97 Å². The molecule has 2 fully saturated rings. The van der Waals surface area contributed by atoms with Crippen LogP contribution < -0.4 is 4.90 Å². The van der Waals surface area contributed by atoms with Crippen LogP contribution in [0.1, 0.15) is 23.2 Å². The fourth-order valence-corrected chi connectivity index (χ4v) is 4.74. The second kappa shape index (κ2) is 10.6. The molecule has 0 aliphatic carbocycles. The minimum atomic E-state index is -0.472. The van der Waals surface area contributed by atoms with Crippen LogP contribution in [-0.4, -0.2) is 78.0 Å². The van der Waals surface area contributed by atoms with Crippen LogP contribution in [0, 0.1) is 0 Å². The van der Waals surface area contributed by atoms with Gasteiger partial charge in [-0.1, -0.05) is 12.1 Å². The van der Waals surface area contributed by atoms with E-state index >= 15 is 0 Å². The monoisotopic (exact) mass is 442 g/mol. The first-order valence-electron chi connectivity index (χ1n) is 10.5. The van der Waals surface area contributed by atoms with Crippen LogP contribution in [0.4, 0.5) is 5.95 Å². The predicted molar refractivity (Wildman–Crippen MR) is 117 cm³/mol. The number of esters is 1. The van der Waals surface area contributed by atoms with Gasteiger partial charge in [0.2, 0.25) is 5.95 Å². The molecule has 2 aromatic rings. The van der Waals surface area contributed by atoms with Gasteiger partial charge in [0, 0.05) is 55.8 Å². The molecule has 0 N–H and O–H groups in total. The summed E-state index contributed by atoms with van der Waals surface area (Å²) in [7, 11) is 0. The quantitative estimate of drug-likeness (QED) is 0.477. The molecular formula is C22H26N4O4S. The maximum Gasteiger partial charge on any atom is 0.339 e. The zero-order chi connectivity index (χ0) is 21.5. The van der Waals surface area contributed by atoms with Crippen molar-refractivity contribution in [3.63, 3.8) is 0 Å². The lowest BCUT2D eigenvalue weighted by molar-refractivity contribution is -0.134. The zero-order valence-corrected chi connectivity index (χ0v) is 18.1. The van der Waals surface area contributed by atoms with Gasteiger partial charge in [-0.2, -0.15) is 0 Å². The molecule has 2 aliphatic heterocycles. The van der Waals surface area contributed by atoms with Crippen LogP contribution in [0.25, 0.3) is 0 Å². The Morgan fingerprint density at radius 3 is 2.61 bits per heavy atom.